The first kappa shape index (κ1) is 12.1. The van der Waals surface area contributed by atoms with Gasteiger partial charge >= 0.3 is 0 Å². The van der Waals surface area contributed by atoms with E-state index >= 15 is 0 Å². The maximum atomic E-state index is 10.7. The largest absolute Gasteiger partial charge is 0.467 e. The Morgan fingerprint density at radius 1 is 1.44 bits per heavy atom. The van der Waals surface area contributed by atoms with E-state index in [2.05, 4.69) is 10.3 Å². The van der Waals surface area contributed by atoms with Gasteiger partial charge < -0.3 is 9.73 Å². The number of anilines is 1. The Kier molecular flexibility index (Phi) is 3.27. The van der Waals surface area contributed by atoms with Crippen molar-refractivity contribution in [2.45, 2.75) is 19.9 Å². The van der Waals surface area contributed by atoms with Gasteiger partial charge in [0.15, 0.2) is 0 Å². The van der Waals surface area contributed by atoms with Gasteiger partial charge in [-0.05, 0) is 32.0 Å². The highest BCUT2D eigenvalue weighted by atomic mass is 16.6. The fourth-order valence-corrected chi connectivity index (χ4v) is 1.66. The molecule has 94 valence electrons. The summed E-state index contributed by atoms with van der Waals surface area (Å²) >= 11 is 0. The molecule has 1 atom stereocenters. The summed E-state index contributed by atoms with van der Waals surface area (Å²) in [4.78, 5) is 14.4. The molecule has 1 N–H and O–H groups in total. The molecule has 0 aliphatic carbocycles. The van der Waals surface area contributed by atoms with Crippen LogP contribution < -0.4 is 5.32 Å². The molecule has 2 aromatic heterocycles. The Morgan fingerprint density at radius 3 is 2.78 bits per heavy atom. The summed E-state index contributed by atoms with van der Waals surface area (Å²) in [5.74, 6) is 1.37. The minimum absolute atomic E-state index is 0.0196. The van der Waals surface area contributed by atoms with Gasteiger partial charge in [0.05, 0.1) is 17.2 Å². The molecular weight excluding hydrogens is 234 g/mol. The molecule has 6 heteroatoms. The fraction of sp³-hybridized carbons (Fsp3) is 0.250. The molecular formula is C12H13N3O3. The Bertz CT molecular complexity index is 552. The van der Waals surface area contributed by atoms with Crippen molar-refractivity contribution in [1.29, 1.82) is 0 Å². The van der Waals surface area contributed by atoms with Crippen LogP contribution in [0.25, 0.3) is 0 Å². The zero-order valence-corrected chi connectivity index (χ0v) is 10.1. The zero-order valence-electron chi connectivity index (χ0n) is 10.1. The van der Waals surface area contributed by atoms with Crippen molar-refractivity contribution < 1.29 is 9.34 Å². The SMILES string of the molecule is Cc1nc(NC(C)c2ccco2)ccc1[N+](=O)[O-]. The molecule has 0 aliphatic heterocycles. The molecule has 0 aliphatic rings. The van der Waals surface area contributed by atoms with E-state index in [0.717, 1.165) is 5.76 Å². The summed E-state index contributed by atoms with van der Waals surface area (Å²) < 4.78 is 5.26. The number of nitro groups is 1. The molecule has 2 rings (SSSR count). The number of aryl methyl sites for hydroxylation is 1. The third kappa shape index (κ3) is 2.48. The highest BCUT2D eigenvalue weighted by Crippen LogP contribution is 2.22. The van der Waals surface area contributed by atoms with Gasteiger partial charge in [-0.3, -0.25) is 10.1 Å². The van der Waals surface area contributed by atoms with Gasteiger partial charge in [-0.25, -0.2) is 4.98 Å². The lowest BCUT2D eigenvalue weighted by molar-refractivity contribution is -0.385. The van der Waals surface area contributed by atoms with Crippen molar-refractivity contribution >= 4 is 11.5 Å². The van der Waals surface area contributed by atoms with Crippen molar-refractivity contribution in [2.75, 3.05) is 5.32 Å². The molecule has 6 nitrogen and oxygen atoms in total. The molecule has 18 heavy (non-hydrogen) atoms. The molecule has 0 amide bonds. The quantitative estimate of drug-likeness (QED) is 0.663. The third-order valence-corrected chi connectivity index (χ3v) is 2.59. The Labute approximate surface area is 104 Å². The monoisotopic (exact) mass is 247 g/mol. The first-order valence-electron chi connectivity index (χ1n) is 5.50. The van der Waals surface area contributed by atoms with Crippen molar-refractivity contribution in [2.24, 2.45) is 0 Å². The number of hydrogen-bond donors (Lipinski definition) is 1. The topological polar surface area (TPSA) is 81.2 Å². The molecule has 2 aromatic rings. The smallest absolute Gasteiger partial charge is 0.290 e. The van der Waals surface area contributed by atoms with Crippen molar-refractivity contribution in [3.8, 4) is 0 Å². The van der Waals surface area contributed by atoms with E-state index in [0.29, 0.717) is 11.5 Å². The molecule has 0 spiro atoms. The lowest BCUT2D eigenvalue weighted by atomic mass is 10.2. The lowest BCUT2D eigenvalue weighted by Crippen LogP contribution is -2.08. The first-order chi connectivity index (χ1) is 8.58. The van der Waals surface area contributed by atoms with Gasteiger partial charge in [-0.1, -0.05) is 0 Å². The zero-order chi connectivity index (χ0) is 13.1. The van der Waals surface area contributed by atoms with Crippen molar-refractivity contribution in [3.05, 3.63) is 52.1 Å². The average Bonchev–Trinajstić information content (AvgIpc) is 2.81. The van der Waals surface area contributed by atoms with Crippen LogP contribution >= 0.6 is 0 Å². The van der Waals surface area contributed by atoms with Crippen LogP contribution in [0.5, 0.6) is 0 Å². The Balaban J connectivity index is 2.15. The highest BCUT2D eigenvalue weighted by Gasteiger charge is 2.14. The summed E-state index contributed by atoms with van der Waals surface area (Å²) in [7, 11) is 0. The molecule has 1 unspecified atom stereocenters. The average molecular weight is 247 g/mol. The molecule has 2 heterocycles. The van der Waals surface area contributed by atoms with Gasteiger partial charge in [0, 0.05) is 6.07 Å². The van der Waals surface area contributed by atoms with Crippen molar-refractivity contribution in [3.63, 3.8) is 0 Å². The summed E-state index contributed by atoms with van der Waals surface area (Å²) in [6.45, 7) is 3.54. The molecule has 0 fully saturated rings. The second-order valence-corrected chi connectivity index (χ2v) is 3.94. The minimum Gasteiger partial charge on any atom is -0.467 e. The maximum absolute atomic E-state index is 10.7. The summed E-state index contributed by atoms with van der Waals surface area (Å²) in [5.41, 5.74) is 0.405. The number of pyridine rings is 1. The number of aromatic nitrogens is 1. The Hall–Kier alpha value is -2.37. The predicted molar refractivity (Wildman–Crippen MR) is 66.4 cm³/mol. The number of nitrogens with zero attached hydrogens (tertiary/aromatic N) is 2. The van der Waals surface area contributed by atoms with E-state index in [1.165, 1.54) is 6.07 Å². The van der Waals surface area contributed by atoms with Gasteiger partial charge in [0.1, 0.15) is 17.3 Å². The van der Waals surface area contributed by atoms with Crippen LogP contribution in [0.4, 0.5) is 11.5 Å². The number of furan rings is 1. The van der Waals surface area contributed by atoms with Crippen LogP contribution in [-0.2, 0) is 0 Å². The van der Waals surface area contributed by atoms with Gasteiger partial charge in [0.2, 0.25) is 0 Å². The van der Waals surface area contributed by atoms with Crippen LogP contribution in [0.1, 0.15) is 24.4 Å². The van der Waals surface area contributed by atoms with E-state index in [4.69, 9.17) is 4.42 Å². The molecule has 0 bridgehead atoms. The Morgan fingerprint density at radius 2 is 2.22 bits per heavy atom. The second-order valence-electron chi connectivity index (χ2n) is 3.94. The third-order valence-electron chi connectivity index (χ3n) is 2.59. The number of nitrogens with one attached hydrogen (secondary N) is 1. The van der Waals surface area contributed by atoms with E-state index in [9.17, 15) is 10.1 Å². The maximum Gasteiger partial charge on any atom is 0.290 e. The minimum atomic E-state index is -0.442. The normalized spacial score (nSPS) is 12.1. The first-order valence-corrected chi connectivity index (χ1v) is 5.50. The van der Waals surface area contributed by atoms with Crippen molar-refractivity contribution in [1.82, 2.24) is 4.98 Å². The molecule has 0 aromatic carbocycles. The van der Waals surface area contributed by atoms with Crippen LogP contribution in [0.2, 0.25) is 0 Å². The highest BCUT2D eigenvalue weighted by molar-refractivity contribution is 5.45. The molecule has 0 radical (unpaired) electrons. The van der Waals surface area contributed by atoms with Gasteiger partial charge in [0.25, 0.3) is 5.69 Å². The van der Waals surface area contributed by atoms with Crippen LogP contribution in [-0.4, -0.2) is 9.91 Å². The van der Waals surface area contributed by atoms with E-state index < -0.39 is 4.92 Å². The summed E-state index contributed by atoms with van der Waals surface area (Å²) in [6.07, 6.45) is 1.60. The summed E-state index contributed by atoms with van der Waals surface area (Å²) in [6, 6.07) is 6.65. The number of hydrogen-bond acceptors (Lipinski definition) is 5. The van der Waals surface area contributed by atoms with Crippen LogP contribution in [0.15, 0.2) is 34.9 Å². The standard InChI is InChI=1S/C12H13N3O3/c1-8-10(15(16)17)5-6-12(13-8)14-9(2)11-4-3-7-18-11/h3-7,9H,1-2H3,(H,13,14). The predicted octanol–water partition coefficient (Wildman–Crippen LogP) is 3.06. The number of rotatable bonds is 4. The fourth-order valence-electron chi connectivity index (χ4n) is 1.66. The van der Waals surface area contributed by atoms with Gasteiger partial charge in [-0.2, -0.15) is 0 Å². The van der Waals surface area contributed by atoms with Gasteiger partial charge in [-0.15, -0.1) is 0 Å². The summed E-state index contributed by atoms with van der Waals surface area (Å²) in [5, 5.41) is 13.8. The van der Waals surface area contributed by atoms with E-state index in [1.54, 1.807) is 19.3 Å². The van der Waals surface area contributed by atoms with Crippen LogP contribution in [0, 0.1) is 17.0 Å². The molecule has 0 saturated heterocycles. The van der Waals surface area contributed by atoms with E-state index in [-0.39, 0.29) is 11.7 Å². The second kappa shape index (κ2) is 4.87. The van der Waals surface area contributed by atoms with Crippen LogP contribution in [0.3, 0.4) is 0 Å². The van der Waals surface area contributed by atoms with E-state index in [1.807, 2.05) is 19.1 Å². The molecule has 0 saturated carbocycles. The lowest BCUT2D eigenvalue weighted by Gasteiger charge is -2.12.